The molecule has 1 saturated heterocycles. The molecule has 2 aromatic heterocycles. The quantitative estimate of drug-likeness (QED) is 0.159. The van der Waals surface area contributed by atoms with Gasteiger partial charge in [0.1, 0.15) is 11.3 Å². The summed E-state index contributed by atoms with van der Waals surface area (Å²) >= 11 is 1.53. The van der Waals surface area contributed by atoms with Crippen molar-refractivity contribution in [3.8, 4) is 5.75 Å². The number of nitrogens with zero attached hydrogens (tertiary/aromatic N) is 6. The van der Waals surface area contributed by atoms with Gasteiger partial charge in [-0.2, -0.15) is 0 Å². The Balaban J connectivity index is 1.06. The van der Waals surface area contributed by atoms with Crippen molar-refractivity contribution < 1.29 is 14.3 Å². The summed E-state index contributed by atoms with van der Waals surface area (Å²) in [4.78, 5) is 34.8. The minimum absolute atomic E-state index is 0.0385. The highest BCUT2D eigenvalue weighted by atomic mass is 32.2. The summed E-state index contributed by atoms with van der Waals surface area (Å²) in [7, 11) is 1.59. The second kappa shape index (κ2) is 13.1. The van der Waals surface area contributed by atoms with Gasteiger partial charge >= 0.3 is 0 Å². The molecule has 3 heterocycles. The van der Waals surface area contributed by atoms with Gasteiger partial charge in [-0.3, -0.25) is 9.59 Å². The van der Waals surface area contributed by atoms with E-state index in [1.54, 1.807) is 19.2 Å². The van der Waals surface area contributed by atoms with Crippen LogP contribution in [-0.4, -0.2) is 79.9 Å². The van der Waals surface area contributed by atoms with Gasteiger partial charge in [0.2, 0.25) is 11.1 Å². The smallest absolute Gasteiger partial charge is 0.254 e. The summed E-state index contributed by atoms with van der Waals surface area (Å²) in [6.45, 7) is 6.32. The van der Waals surface area contributed by atoms with Crippen LogP contribution >= 0.6 is 11.8 Å². The largest absolute Gasteiger partial charge is 0.497 e. The number of methoxy groups -OCH3 is 1. The van der Waals surface area contributed by atoms with Crippen molar-refractivity contribution in [3.05, 3.63) is 89.5 Å². The lowest BCUT2D eigenvalue weighted by Crippen LogP contribution is -2.55. The summed E-state index contributed by atoms with van der Waals surface area (Å²) in [5, 5.41) is 10.7. The summed E-state index contributed by atoms with van der Waals surface area (Å²) in [5.74, 6) is 1.43. The average Bonchev–Trinajstić information content (AvgIpc) is 3.34. The van der Waals surface area contributed by atoms with Gasteiger partial charge in [0.15, 0.2) is 5.65 Å². The molecule has 0 aliphatic carbocycles. The van der Waals surface area contributed by atoms with Crippen LogP contribution in [0, 0.1) is 6.92 Å². The molecule has 44 heavy (non-hydrogen) atoms. The number of carbonyl (C=O) groups excluding carboxylic acids is 2. The molecule has 9 nitrogen and oxygen atoms in total. The number of aromatic nitrogens is 4. The number of aryl methyl sites for hydroxylation is 1. The second-order valence-electron chi connectivity index (χ2n) is 11.2. The predicted octanol–water partition coefficient (Wildman–Crippen LogP) is 5.59. The third-order valence-electron chi connectivity index (χ3n) is 8.11. The first-order chi connectivity index (χ1) is 21.4. The summed E-state index contributed by atoms with van der Waals surface area (Å²) < 4.78 is 7.48. The van der Waals surface area contributed by atoms with Crippen molar-refractivity contribution in [2.75, 3.05) is 32.5 Å². The van der Waals surface area contributed by atoms with Crippen LogP contribution in [0.3, 0.4) is 0 Å². The third-order valence-corrected chi connectivity index (χ3v) is 9.03. The monoisotopic (exact) mass is 608 g/mol. The zero-order valence-electron chi connectivity index (χ0n) is 25.3. The minimum Gasteiger partial charge on any atom is -0.497 e. The van der Waals surface area contributed by atoms with E-state index in [2.05, 4.69) is 52.0 Å². The van der Waals surface area contributed by atoms with Crippen LogP contribution in [0.15, 0.2) is 78.0 Å². The van der Waals surface area contributed by atoms with Crippen LogP contribution < -0.4 is 4.74 Å². The van der Waals surface area contributed by atoms with E-state index < -0.39 is 0 Å². The van der Waals surface area contributed by atoms with Crippen LogP contribution in [0.1, 0.15) is 41.3 Å². The molecule has 1 atom stereocenters. The summed E-state index contributed by atoms with van der Waals surface area (Å²) in [5.41, 5.74) is 5.66. The maximum absolute atomic E-state index is 13.1. The molecule has 1 aliphatic rings. The number of piperazine rings is 1. The molecular weight excluding hydrogens is 572 g/mol. The number of hydrogen-bond donors (Lipinski definition) is 0. The maximum Gasteiger partial charge on any atom is 0.254 e. The van der Waals surface area contributed by atoms with E-state index in [9.17, 15) is 9.59 Å². The lowest BCUT2D eigenvalue weighted by Gasteiger charge is -2.40. The van der Waals surface area contributed by atoms with Gasteiger partial charge in [-0.05, 0) is 56.2 Å². The number of amides is 2. The van der Waals surface area contributed by atoms with Crippen LogP contribution in [0.25, 0.3) is 22.1 Å². The van der Waals surface area contributed by atoms with Crippen molar-refractivity contribution in [1.29, 1.82) is 0 Å². The number of benzene rings is 3. The van der Waals surface area contributed by atoms with Gasteiger partial charge in [0, 0.05) is 55.3 Å². The zero-order chi connectivity index (χ0) is 30.6. The molecule has 0 saturated carbocycles. The van der Waals surface area contributed by atoms with Crippen LogP contribution in [0.5, 0.6) is 5.75 Å². The van der Waals surface area contributed by atoms with E-state index in [1.165, 1.54) is 22.9 Å². The second-order valence-corrected chi connectivity index (χ2v) is 12.3. The number of rotatable bonds is 9. The molecule has 0 spiro atoms. The van der Waals surface area contributed by atoms with Gasteiger partial charge in [-0.15, -0.1) is 10.2 Å². The Hall–Kier alpha value is -4.44. The van der Waals surface area contributed by atoms with Crippen molar-refractivity contribution in [2.24, 2.45) is 0 Å². The van der Waals surface area contributed by atoms with Gasteiger partial charge in [0.05, 0.1) is 12.6 Å². The van der Waals surface area contributed by atoms with Crippen molar-refractivity contribution in [2.45, 2.75) is 44.4 Å². The fourth-order valence-electron chi connectivity index (χ4n) is 5.79. The number of carbonyl (C=O) groups is 2. The molecule has 0 N–H and O–H groups in total. The Morgan fingerprint density at radius 1 is 1.00 bits per heavy atom. The van der Waals surface area contributed by atoms with E-state index >= 15 is 0 Å². The number of hydrogen-bond acceptors (Lipinski definition) is 7. The van der Waals surface area contributed by atoms with Gasteiger partial charge in [0.25, 0.3) is 5.91 Å². The number of ether oxygens (including phenoxy) is 1. The highest BCUT2D eigenvalue weighted by Gasteiger charge is 2.30. The Kier molecular flexibility index (Phi) is 8.79. The first kappa shape index (κ1) is 29.6. The van der Waals surface area contributed by atoms with Gasteiger partial charge in [-0.25, -0.2) is 4.98 Å². The summed E-state index contributed by atoms with van der Waals surface area (Å²) in [6, 6.07) is 23.9. The van der Waals surface area contributed by atoms with Gasteiger partial charge < -0.3 is 19.1 Å². The molecule has 10 heteroatoms. The van der Waals surface area contributed by atoms with E-state index in [0.717, 1.165) is 22.1 Å². The van der Waals surface area contributed by atoms with E-state index in [1.807, 2.05) is 47.1 Å². The van der Waals surface area contributed by atoms with Crippen LogP contribution in [0.2, 0.25) is 0 Å². The Labute approximate surface area is 261 Å². The van der Waals surface area contributed by atoms with Crippen LogP contribution in [-0.2, 0) is 11.3 Å². The average molecular weight is 609 g/mol. The molecule has 1 aliphatic heterocycles. The fourth-order valence-corrected chi connectivity index (χ4v) is 6.52. The highest BCUT2D eigenvalue weighted by Crippen LogP contribution is 2.29. The SMILES string of the molecule is COc1cccc(C(=O)N2CCN(C(=O)CCCSc3nnc4c5cc(C)ccc5n(Cc5ccccc5)c4n3)CC2C)c1. The van der Waals surface area contributed by atoms with Crippen molar-refractivity contribution >= 4 is 45.6 Å². The fraction of sp³-hybridized carbons (Fsp3) is 0.324. The van der Waals surface area contributed by atoms with E-state index in [4.69, 9.17) is 9.72 Å². The van der Waals surface area contributed by atoms with Crippen molar-refractivity contribution in [1.82, 2.24) is 29.5 Å². The van der Waals surface area contributed by atoms with E-state index in [-0.39, 0.29) is 17.9 Å². The lowest BCUT2D eigenvalue weighted by molar-refractivity contribution is -0.133. The Bertz CT molecular complexity index is 1810. The van der Waals surface area contributed by atoms with E-state index in [0.29, 0.717) is 61.2 Å². The molecule has 3 aromatic carbocycles. The number of fused-ring (bicyclic) bond motifs is 3. The maximum atomic E-state index is 13.1. The molecule has 1 fully saturated rings. The first-order valence-electron chi connectivity index (χ1n) is 14.9. The topological polar surface area (TPSA) is 93.5 Å². The predicted molar refractivity (Wildman–Crippen MR) is 173 cm³/mol. The summed E-state index contributed by atoms with van der Waals surface area (Å²) in [6.07, 6.45) is 1.14. The molecule has 5 aromatic rings. The van der Waals surface area contributed by atoms with Gasteiger partial charge in [-0.1, -0.05) is 59.8 Å². The molecule has 6 rings (SSSR count). The molecule has 0 radical (unpaired) electrons. The van der Waals surface area contributed by atoms with Crippen molar-refractivity contribution in [3.63, 3.8) is 0 Å². The Morgan fingerprint density at radius 2 is 1.84 bits per heavy atom. The molecule has 2 amide bonds. The molecular formula is C34H36N6O3S. The lowest BCUT2D eigenvalue weighted by atomic mass is 10.1. The highest BCUT2D eigenvalue weighted by molar-refractivity contribution is 7.99. The zero-order valence-corrected chi connectivity index (χ0v) is 26.1. The van der Waals surface area contributed by atoms with Crippen LogP contribution in [0.4, 0.5) is 0 Å². The molecule has 1 unspecified atom stereocenters. The normalized spacial score (nSPS) is 15.2. The minimum atomic E-state index is -0.0709. The number of thioether (sulfide) groups is 1. The standard InChI is InChI=1S/C34H36N6O3S/c1-23-14-15-29-28(19-23)31-32(40(29)22-25-9-5-4-6-10-25)35-34(37-36-31)44-18-8-13-30(41)38-16-17-39(24(2)21-38)33(42)26-11-7-12-27(20-26)43-3/h4-7,9-12,14-15,19-20,24H,8,13,16-18,21-22H2,1-3H3. The Morgan fingerprint density at radius 3 is 2.64 bits per heavy atom. The first-order valence-corrected chi connectivity index (χ1v) is 15.9. The third kappa shape index (κ3) is 6.26. The molecule has 0 bridgehead atoms. The molecule has 226 valence electrons.